The number of halogens is 1. The molecule has 0 aromatic carbocycles. The van der Waals surface area contributed by atoms with Gasteiger partial charge in [0.1, 0.15) is 12.4 Å². The number of aryl methyl sites for hydroxylation is 1. The van der Waals surface area contributed by atoms with E-state index in [0.29, 0.717) is 18.8 Å². The Hall–Kier alpha value is -1.43. The van der Waals surface area contributed by atoms with E-state index >= 15 is 0 Å². The molecule has 1 aliphatic heterocycles. The topological polar surface area (TPSA) is 50.2 Å². The summed E-state index contributed by atoms with van der Waals surface area (Å²) in [7, 11) is 0. The third-order valence-electron chi connectivity index (χ3n) is 2.64. The molecule has 0 unspecified atom stereocenters. The largest absolute Gasteiger partial charge is 0.335 e. The molecule has 2 heterocycles. The van der Waals surface area contributed by atoms with Gasteiger partial charge in [0.25, 0.3) is 5.91 Å². The lowest BCUT2D eigenvalue weighted by molar-refractivity contribution is 0.0722. The van der Waals surface area contributed by atoms with Crippen LogP contribution in [0.3, 0.4) is 0 Å². The highest BCUT2D eigenvalue weighted by molar-refractivity contribution is 5.92. The Morgan fingerprint density at radius 1 is 1.50 bits per heavy atom. The van der Waals surface area contributed by atoms with Crippen molar-refractivity contribution in [1.29, 1.82) is 0 Å². The summed E-state index contributed by atoms with van der Waals surface area (Å²) in [6.07, 6.45) is 1.53. The number of carbonyl (C=O) groups is 1. The second kappa shape index (κ2) is 5.07. The molecule has 0 bridgehead atoms. The van der Waals surface area contributed by atoms with Crippen molar-refractivity contribution in [2.24, 2.45) is 0 Å². The highest BCUT2D eigenvalue weighted by Gasteiger charge is 2.20. The smallest absolute Gasteiger partial charge is 0.272 e. The van der Waals surface area contributed by atoms with Gasteiger partial charge in [-0.15, -0.1) is 0 Å². The molecular weight excluding hydrogens is 211 g/mol. The first kappa shape index (κ1) is 11.1. The van der Waals surface area contributed by atoms with Crippen LogP contribution in [0, 0.1) is 0 Å². The predicted molar refractivity (Wildman–Crippen MR) is 57.0 cm³/mol. The maximum Gasteiger partial charge on any atom is 0.272 e. The fourth-order valence-electron chi connectivity index (χ4n) is 1.80. The molecule has 1 saturated heterocycles. The molecule has 6 heteroatoms. The molecule has 1 aliphatic rings. The van der Waals surface area contributed by atoms with Crippen LogP contribution in [0.1, 0.15) is 10.5 Å². The first-order chi connectivity index (χ1) is 7.83. The number of nitrogens with zero attached hydrogens (tertiary/aromatic N) is 3. The van der Waals surface area contributed by atoms with Gasteiger partial charge in [-0.2, -0.15) is 5.10 Å². The van der Waals surface area contributed by atoms with Gasteiger partial charge in [0.05, 0.1) is 6.54 Å². The monoisotopic (exact) mass is 226 g/mol. The van der Waals surface area contributed by atoms with Crippen molar-refractivity contribution in [2.75, 3.05) is 32.9 Å². The Kier molecular flexibility index (Phi) is 3.51. The maximum atomic E-state index is 12.2. The molecule has 0 atom stereocenters. The minimum Gasteiger partial charge on any atom is -0.335 e. The van der Waals surface area contributed by atoms with Crippen molar-refractivity contribution >= 4 is 5.91 Å². The van der Waals surface area contributed by atoms with Gasteiger partial charge in [-0.25, -0.2) is 4.39 Å². The molecule has 1 aromatic rings. The molecule has 88 valence electrons. The molecule has 1 N–H and O–H groups in total. The van der Waals surface area contributed by atoms with Crippen LogP contribution in [0.2, 0.25) is 0 Å². The molecule has 0 radical (unpaired) electrons. The van der Waals surface area contributed by atoms with Crippen LogP contribution >= 0.6 is 0 Å². The highest BCUT2D eigenvalue weighted by Crippen LogP contribution is 2.05. The van der Waals surface area contributed by atoms with Crippen molar-refractivity contribution in [3.8, 4) is 0 Å². The molecule has 2 rings (SSSR count). The van der Waals surface area contributed by atoms with Gasteiger partial charge >= 0.3 is 0 Å². The second-order valence-electron chi connectivity index (χ2n) is 3.67. The number of carbonyl (C=O) groups excluding carboxylic acids is 1. The number of hydrogen-bond acceptors (Lipinski definition) is 3. The molecule has 5 nitrogen and oxygen atoms in total. The van der Waals surface area contributed by atoms with E-state index in [4.69, 9.17) is 0 Å². The van der Waals surface area contributed by atoms with Crippen molar-refractivity contribution < 1.29 is 9.18 Å². The van der Waals surface area contributed by atoms with Crippen LogP contribution in [0.15, 0.2) is 12.3 Å². The van der Waals surface area contributed by atoms with Gasteiger partial charge in [0.2, 0.25) is 0 Å². The Balaban J connectivity index is 2.09. The summed E-state index contributed by atoms with van der Waals surface area (Å²) in [6.45, 7) is 2.63. The molecule has 0 aliphatic carbocycles. The third kappa shape index (κ3) is 2.21. The standard InChI is InChI=1S/C10H15FN4O/c11-2-6-15-9(1-3-13-15)10(16)14-7-4-12-5-8-14/h1,3,12H,2,4-8H2. The summed E-state index contributed by atoms with van der Waals surface area (Å²) in [4.78, 5) is 13.8. The summed E-state index contributed by atoms with van der Waals surface area (Å²) >= 11 is 0. The fraction of sp³-hybridized carbons (Fsp3) is 0.600. The lowest BCUT2D eigenvalue weighted by Gasteiger charge is -2.27. The van der Waals surface area contributed by atoms with E-state index < -0.39 is 6.67 Å². The fourth-order valence-corrected chi connectivity index (χ4v) is 1.80. The number of hydrogen-bond donors (Lipinski definition) is 1. The predicted octanol–water partition coefficient (Wildman–Crippen LogP) is -0.102. The zero-order valence-electron chi connectivity index (χ0n) is 9.03. The zero-order chi connectivity index (χ0) is 11.4. The quantitative estimate of drug-likeness (QED) is 0.783. The Labute approximate surface area is 93.2 Å². The summed E-state index contributed by atoms with van der Waals surface area (Å²) < 4.78 is 13.7. The van der Waals surface area contributed by atoms with Crippen LogP contribution in [-0.2, 0) is 6.54 Å². The molecule has 1 amide bonds. The van der Waals surface area contributed by atoms with Crippen LogP contribution in [-0.4, -0.2) is 53.4 Å². The minimum atomic E-state index is -0.510. The van der Waals surface area contributed by atoms with Gasteiger partial charge in [0.15, 0.2) is 0 Å². The first-order valence-corrected chi connectivity index (χ1v) is 5.40. The van der Waals surface area contributed by atoms with Crippen LogP contribution in [0.5, 0.6) is 0 Å². The number of alkyl halides is 1. The highest BCUT2D eigenvalue weighted by atomic mass is 19.1. The minimum absolute atomic E-state index is 0.0625. The van der Waals surface area contributed by atoms with Crippen LogP contribution < -0.4 is 5.32 Å². The van der Waals surface area contributed by atoms with Crippen molar-refractivity contribution in [2.45, 2.75) is 6.54 Å². The van der Waals surface area contributed by atoms with Crippen molar-refractivity contribution in [1.82, 2.24) is 20.0 Å². The molecular formula is C10H15FN4O. The SMILES string of the molecule is O=C(c1ccnn1CCF)N1CCNCC1. The zero-order valence-corrected chi connectivity index (χ0v) is 9.03. The molecule has 1 aromatic heterocycles. The maximum absolute atomic E-state index is 12.2. The van der Waals surface area contributed by atoms with Crippen LogP contribution in [0.4, 0.5) is 4.39 Å². The summed E-state index contributed by atoms with van der Waals surface area (Å²) in [5.74, 6) is -0.0625. The Morgan fingerprint density at radius 2 is 2.25 bits per heavy atom. The van der Waals surface area contributed by atoms with E-state index in [-0.39, 0.29) is 12.5 Å². The van der Waals surface area contributed by atoms with Gasteiger partial charge < -0.3 is 10.2 Å². The summed E-state index contributed by atoms with van der Waals surface area (Å²) in [5, 5.41) is 7.11. The second-order valence-corrected chi connectivity index (χ2v) is 3.67. The number of rotatable bonds is 3. The van der Waals surface area contributed by atoms with E-state index in [1.54, 1.807) is 11.0 Å². The molecule has 0 saturated carbocycles. The average Bonchev–Trinajstić information content (AvgIpc) is 2.78. The normalized spacial score (nSPS) is 16.4. The molecule has 16 heavy (non-hydrogen) atoms. The van der Waals surface area contributed by atoms with Gasteiger partial charge in [-0.1, -0.05) is 0 Å². The van der Waals surface area contributed by atoms with E-state index in [0.717, 1.165) is 13.1 Å². The summed E-state index contributed by atoms with van der Waals surface area (Å²) in [5.41, 5.74) is 0.472. The van der Waals surface area contributed by atoms with E-state index in [1.165, 1.54) is 10.9 Å². The Morgan fingerprint density at radius 3 is 2.94 bits per heavy atom. The van der Waals surface area contributed by atoms with Crippen molar-refractivity contribution in [3.63, 3.8) is 0 Å². The van der Waals surface area contributed by atoms with E-state index in [2.05, 4.69) is 10.4 Å². The van der Waals surface area contributed by atoms with Crippen molar-refractivity contribution in [3.05, 3.63) is 18.0 Å². The van der Waals surface area contributed by atoms with E-state index in [1.807, 2.05) is 0 Å². The number of amides is 1. The molecule has 0 spiro atoms. The first-order valence-electron chi connectivity index (χ1n) is 5.40. The van der Waals surface area contributed by atoms with Gasteiger partial charge in [-0.05, 0) is 6.07 Å². The average molecular weight is 226 g/mol. The molecule has 1 fully saturated rings. The number of nitrogens with one attached hydrogen (secondary N) is 1. The third-order valence-corrected chi connectivity index (χ3v) is 2.64. The van der Waals surface area contributed by atoms with Gasteiger partial charge in [0, 0.05) is 32.4 Å². The van der Waals surface area contributed by atoms with Crippen LogP contribution in [0.25, 0.3) is 0 Å². The Bertz CT molecular complexity index is 359. The number of piperazine rings is 1. The van der Waals surface area contributed by atoms with E-state index in [9.17, 15) is 9.18 Å². The lowest BCUT2D eigenvalue weighted by Crippen LogP contribution is -2.46. The lowest BCUT2D eigenvalue weighted by atomic mass is 10.3. The number of aromatic nitrogens is 2. The summed E-state index contributed by atoms with van der Waals surface area (Å²) in [6, 6.07) is 1.64. The van der Waals surface area contributed by atoms with Gasteiger partial charge in [-0.3, -0.25) is 9.48 Å².